The molecule has 1 saturated heterocycles. The maximum atomic E-state index is 13.0. The minimum Gasteiger partial charge on any atom is -0.358 e. The fraction of sp³-hybridized carbons (Fsp3) is 0.375. The maximum absolute atomic E-state index is 13.0. The van der Waals surface area contributed by atoms with E-state index >= 15 is 0 Å². The van der Waals surface area contributed by atoms with Crippen molar-refractivity contribution in [1.29, 1.82) is 0 Å². The molecule has 0 bridgehead atoms. The van der Waals surface area contributed by atoms with Crippen molar-refractivity contribution in [2.45, 2.75) is 18.8 Å². The van der Waals surface area contributed by atoms with Gasteiger partial charge in [0.25, 0.3) is 11.8 Å². The van der Waals surface area contributed by atoms with Gasteiger partial charge in [-0.2, -0.15) is 0 Å². The minimum absolute atomic E-state index is 0.191. The van der Waals surface area contributed by atoms with Crippen molar-refractivity contribution in [1.82, 2.24) is 15.1 Å². The Morgan fingerprint density at radius 1 is 1.13 bits per heavy atom. The van der Waals surface area contributed by atoms with E-state index in [2.05, 4.69) is 5.32 Å². The zero-order chi connectivity index (χ0) is 17.2. The predicted molar refractivity (Wildman–Crippen MR) is 82.4 cm³/mol. The van der Waals surface area contributed by atoms with E-state index in [1.807, 2.05) is 0 Å². The van der Waals surface area contributed by atoms with Gasteiger partial charge in [0.05, 0.1) is 0 Å². The molecule has 1 heterocycles. The Labute approximate surface area is 134 Å². The van der Waals surface area contributed by atoms with Crippen molar-refractivity contribution in [3.05, 3.63) is 35.9 Å². The van der Waals surface area contributed by atoms with Crippen LogP contribution in [0.15, 0.2) is 30.3 Å². The molecule has 1 N–H and O–H groups in total. The zero-order valence-electron chi connectivity index (χ0n) is 13.3. The van der Waals surface area contributed by atoms with Crippen LogP contribution in [0.5, 0.6) is 0 Å². The van der Waals surface area contributed by atoms with E-state index in [9.17, 15) is 19.2 Å². The number of rotatable bonds is 4. The number of likely N-dealkylation sites (N-methyl/N-ethyl adjacent to an activating group) is 2. The van der Waals surface area contributed by atoms with Gasteiger partial charge in [-0.3, -0.25) is 24.2 Å². The number of hydrogen-bond acceptors (Lipinski definition) is 4. The van der Waals surface area contributed by atoms with Crippen molar-refractivity contribution in [3.63, 3.8) is 0 Å². The second-order valence-electron chi connectivity index (χ2n) is 5.34. The molecule has 0 radical (unpaired) electrons. The van der Waals surface area contributed by atoms with Crippen LogP contribution in [0.3, 0.4) is 0 Å². The molecule has 23 heavy (non-hydrogen) atoms. The van der Waals surface area contributed by atoms with Crippen molar-refractivity contribution < 1.29 is 19.2 Å². The Morgan fingerprint density at radius 3 is 2.26 bits per heavy atom. The first-order chi connectivity index (χ1) is 10.9. The summed E-state index contributed by atoms with van der Waals surface area (Å²) in [6.45, 7) is 1.30. The number of imide groups is 2. The van der Waals surface area contributed by atoms with Gasteiger partial charge in [0.2, 0.25) is 5.91 Å². The third-order valence-corrected chi connectivity index (χ3v) is 4.18. The maximum Gasteiger partial charge on any atom is 0.333 e. The molecular weight excluding hydrogens is 298 g/mol. The van der Waals surface area contributed by atoms with Gasteiger partial charge in [0.1, 0.15) is 6.54 Å². The van der Waals surface area contributed by atoms with Gasteiger partial charge in [-0.15, -0.1) is 0 Å². The molecule has 0 saturated carbocycles. The average Bonchev–Trinajstić information content (AvgIpc) is 2.58. The van der Waals surface area contributed by atoms with Crippen molar-refractivity contribution in [2.75, 3.05) is 20.6 Å². The molecule has 1 fully saturated rings. The van der Waals surface area contributed by atoms with E-state index in [-0.39, 0.29) is 6.42 Å². The third kappa shape index (κ3) is 2.48. The van der Waals surface area contributed by atoms with E-state index in [1.54, 1.807) is 37.3 Å². The third-order valence-electron chi connectivity index (χ3n) is 4.18. The highest BCUT2D eigenvalue weighted by molar-refractivity contribution is 6.23. The van der Waals surface area contributed by atoms with Crippen LogP contribution in [0.4, 0.5) is 4.79 Å². The summed E-state index contributed by atoms with van der Waals surface area (Å²) in [4.78, 5) is 51.4. The molecule has 122 valence electrons. The van der Waals surface area contributed by atoms with E-state index in [4.69, 9.17) is 0 Å². The topological polar surface area (TPSA) is 86.8 Å². The second-order valence-corrected chi connectivity index (χ2v) is 5.34. The summed E-state index contributed by atoms with van der Waals surface area (Å²) >= 11 is 0. The Morgan fingerprint density at radius 2 is 1.74 bits per heavy atom. The van der Waals surface area contributed by atoms with Crippen LogP contribution in [-0.4, -0.2) is 54.2 Å². The summed E-state index contributed by atoms with van der Waals surface area (Å²) in [5.74, 6) is -1.72. The number of benzene rings is 1. The van der Waals surface area contributed by atoms with Crippen molar-refractivity contribution in [2.24, 2.45) is 0 Å². The van der Waals surface area contributed by atoms with Gasteiger partial charge in [-0.25, -0.2) is 4.79 Å². The van der Waals surface area contributed by atoms with Gasteiger partial charge >= 0.3 is 6.03 Å². The minimum atomic E-state index is -1.49. The molecule has 1 aliphatic rings. The summed E-state index contributed by atoms with van der Waals surface area (Å²) in [5.41, 5.74) is -0.975. The highest BCUT2D eigenvalue weighted by atomic mass is 16.2. The van der Waals surface area contributed by atoms with Crippen LogP contribution in [0.1, 0.15) is 18.9 Å². The number of hydrogen-bond donors (Lipinski definition) is 1. The summed E-state index contributed by atoms with van der Waals surface area (Å²) < 4.78 is 0. The van der Waals surface area contributed by atoms with E-state index in [1.165, 1.54) is 14.1 Å². The number of barbiturate groups is 1. The van der Waals surface area contributed by atoms with Crippen LogP contribution in [0, 0.1) is 0 Å². The van der Waals surface area contributed by atoms with Gasteiger partial charge in [0, 0.05) is 14.1 Å². The Balaban J connectivity index is 2.56. The highest BCUT2D eigenvalue weighted by Gasteiger charge is 2.56. The zero-order valence-corrected chi connectivity index (χ0v) is 13.3. The molecule has 5 amide bonds. The Kier molecular flexibility index (Phi) is 4.49. The van der Waals surface area contributed by atoms with E-state index in [0.29, 0.717) is 5.56 Å². The normalized spacial score (nSPS) is 21.6. The second kappa shape index (κ2) is 6.20. The van der Waals surface area contributed by atoms with Gasteiger partial charge in [-0.05, 0) is 12.0 Å². The van der Waals surface area contributed by atoms with Gasteiger partial charge < -0.3 is 5.32 Å². The van der Waals surface area contributed by atoms with Crippen LogP contribution >= 0.6 is 0 Å². The van der Waals surface area contributed by atoms with Gasteiger partial charge in [-0.1, -0.05) is 37.3 Å². The lowest BCUT2D eigenvalue weighted by molar-refractivity contribution is -0.153. The van der Waals surface area contributed by atoms with Crippen LogP contribution < -0.4 is 5.32 Å². The molecule has 0 spiro atoms. The monoisotopic (exact) mass is 317 g/mol. The molecule has 0 aromatic heterocycles. The van der Waals surface area contributed by atoms with Crippen LogP contribution in [0.2, 0.25) is 0 Å². The van der Waals surface area contributed by atoms with E-state index < -0.39 is 35.7 Å². The number of urea groups is 1. The molecule has 0 aliphatic carbocycles. The highest BCUT2D eigenvalue weighted by Crippen LogP contribution is 2.36. The lowest BCUT2D eigenvalue weighted by Gasteiger charge is -2.42. The lowest BCUT2D eigenvalue weighted by Crippen LogP contribution is -2.67. The number of carbonyl (C=O) groups is 4. The first-order valence-corrected chi connectivity index (χ1v) is 7.30. The predicted octanol–water partition coefficient (Wildman–Crippen LogP) is 0.501. The fourth-order valence-electron chi connectivity index (χ4n) is 2.80. The molecule has 1 aromatic carbocycles. The SMILES string of the molecule is CCC1(c2ccccc2)C(=O)N(C)C(=O)N(CC(=O)NC)C1=O. The van der Waals surface area contributed by atoms with Crippen molar-refractivity contribution in [3.8, 4) is 0 Å². The quantitative estimate of drug-likeness (QED) is 0.819. The summed E-state index contributed by atoms with van der Waals surface area (Å²) in [5, 5.41) is 2.38. The Hall–Kier alpha value is -2.70. The number of nitrogens with one attached hydrogen (secondary N) is 1. The number of nitrogens with zero attached hydrogens (tertiary/aromatic N) is 2. The summed E-state index contributed by atoms with van der Waals surface area (Å²) in [7, 11) is 2.74. The molecular formula is C16H19N3O4. The molecule has 7 heteroatoms. The largest absolute Gasteiger partial charge is 0.358 e. The molecule has 1 unspecified atom stereocenters. The molecule has 1 aromatic rings. The smallest absolute Gasteiger partial charge is 0.333 e. The average molecular weight is 317 g/mol. The Bertz CT molecular complexity index is 659. The molecule has 7 nitrogen and oxygen atoms in total. The molecule has 2 rings (SSSR count). The summed E-state index contributed by atoms with van der Waals surface area (Å²) in [6, 6.07) is 7.81. The molecule has 1 atom stereocenters. The van der Waals surface area contributed by atoms with Crippen LogP contribution in [-0.2, 0) is 19.8 Å². The standard InChI is InChI=1S/C16H19N3O4/c1-4-16(11-8-6-5-7-9-11)13(21)18(3)15(23)19(14(16)22)10-12(20)17-2/h5-9H,4,10H2,1-3H3,(H,17,20). The van der Waals surface area contributed by atoms with Crippen LogP contribution in [0.25, 0.3) is 0 Å². The van der Waals surface area contributed by atoms with Gasteiger partial charge in [0.15, 0.2) is 5.41 Å². The van der Waals surface area contributed by atoms with Crippen molar-refractivity contribution >= 4 is 23.8 Å². The molecule has 1 aliphatic heterocycles. The fourth-order valence-corrected chi connectivity index (χ4v) is 2.80. The number of amides is 5. The summed E-state index contributed by atoms with van der Waals surface area (Å²) in [6.07, 6.45) is 0.191. The lowest BCUT2D eigenvalue weighted by atomic mass is 9.74. The first-order valence-electron chi connectivity index (χ1n) is 7.30. The first kappa shape index (κ1) is 16.7. The van der Waals surface area contributed by atoms with E-state index in [0.717, 1.165) is 9.80 Å². The number of carbonyl (C=O) groups excluding carboxylic acids is 4.